The molecule has 1 atom stereocenters. The Morgan fingerprint density at radius 3 is 1.91 bits per heavy atom. The highest BCUT2D eigenvalue weighted by Gasteiger charge is 2.37. The molecule has 0 radical (unpaired) electrons. The molecule has 174 valence electrons. The average molecular weight is 447 g/mol. The first-order chi connectivity index (χ1) is 15.5. The van der Waals surface area contributed by atoms with Crippen molar-refractivity contribution in [2.24, 2.45) is 0 Å². The van der Waals surface area contributed by atoms with Gasteiger partial charge in [0.25, 0.3) is 0 Å². The van der Waals surface area contributed by atoms with Crippen molar-refractivity contribution in [3.8, 4) is 17.2 Å². The number of hydrogen-bond acceptors (Lipinski definition) is 9. The molecule has 32 heavy (non-hydrogen) atoms. The Hall–Kier alpha value is -3.20. The summed E-state index contributed by atoms with van der Waals surface area (Å²) >= 11 is 0. The summed E-state index contributed by atoms with van der Waals surface area (Å²) in [5, 5.41) is 0. The van der Waals surface area contributed by atoms with Crippen molar-refractivity contribution in [2.75, 3.05) is 48.7 Å². The van der Waals surface area contributed by atoms with Gasteiger partial charge in [-0.05, 0) is 30.5 Å². The van der Waals surface area contributed by atoms with Gasteiger partial charge in [-0.1, -0.05) is 0 Å². The number of nitrogens with zero attached hydrogens (tertiary/aromatic N) is 1. The first-order valence-corrected chi connectivity index (χ1v) is 10.2. The van der Waals surface area contributed by atoms with Crippen molar-refractivity contribution < 1.29 is 38.0 Å². The summed E-state index contributed by atoms with van der Waals surface area (Å²) in [4.78, 5) is 27.4. The summed E-state index contributed by atoms with van der Waals surface area (Å²) in [5.74, 6) is -0.675. The van der Waals surface area contributed by atoms with E-state index in [0.717, 1.165) is 12.8 Å². The summed E-state index contributed by atoms with van der Waals surface area (Å²) in [7, 11) is 7.11. The molecule has 0 N–H and O–H groups in total. The maximum absolute atomic E-state index is 12.8. The zero-order chi connectivity index (χ0) is 23.3. The van der Waals surface area contributed by atoms with Gasteiger partial charge < -0.3 is 33.3 Å². The lowest BCUT2D eigenvalue weighted by molar-refractivity contribution is -0.137. The number of esters is 2. The van der Waals surface area contributed by atoms with Crippen LogP contribution in [0.1, 0.15) is 24.3 Å². The fraction of sp³-hybridized carbons (Fsp3) is 0.478. The molecular formula is C23H29NO8. The van der Waals surface area contributed by atoms with Crippen LogP contribution in [0.2, 0.25) is 0 Å². The van der Waals surface area contributed by atoms with E-state index in [1.54, 1.807) is 29.4 Å². The SMILES string of the molecule is COC(=O)C1=CN(C[C@@H]2CCCO2)C=C(C(=O)OC)C1c1cc(OC)c(OC)c(OC)c1. The summed E-state index contributed by atoms with van der Waals surface area (Å²) in [5.41, 5.74) is 1.15. The van der Waals surface area contributed by atoms with Crippen LogP contribution in [0.3, 0.4) is 0 Å². The van der Waals surface area contributed by atoms with Gasteiger partial charge >= 0.3 is 11.9 Å². The Bertz CT molecular complexity index is 858. The van der Waals surface area contributed by atoms with Crippen molar-refractivity contribution in [3.63, 3.8) is 0 Å². The molecule has 9 heteroatoms. The number of benzene rings is 1. The van der Waals surface area contributed by atoms with Crippen molar-refractivity contribution in [2.45, 2.75) is 24.9 Å². The summed E-state index contributed by atoms with van der Waals surface area (Å²) < 4.78 is 32.1. The van der Waals surface area contributed by atoms with E-state index >= 15 is 0 Å². The Morgan fingerprint density at radius 2 is 1.50 bits per heavy atom. The smallest absolute Gasteiger partial charge is 0.336 e. The van der Waals surface area contributed by atoms with Gasteiger partial charge in [-0.25, -0.2) is 9.59 Å². The van der Waals surface area contributed by atoms with Gasteiger partial charge in [-0.2, -0.15) is 0 Å². The molecule has 3 rings (SSSR count). The second kappa shape index (κ2) is 10.4. The van der Waals surface area contributed by atoms with Crippen LogP contribution in [0.4, 0.5) is 0 Å². The fourth-order valence-corrected chi connectivity index (χ4v) is 4.04. The van der Waals surface area contributed by atoms with E-state index in [9.17, 15) is 9.59 Å². The Kier molecular flexibility index (Phi) is 7.63. The maximum atomic E-state index is 12.8. The molecule has 1 aromatic carbocycles. The number of methoxy groups -OCH3 is 5. The molecule has 0 saturated carbocycles. The van der Waals surface area contributed by atoms with E-state index in [2.05, 4.69) is 0 Å². The van der Waals surface area contributed by atoms with Gasteiger partial charge in [0, 0.05) is 25.6 Å². The maximum Gasteiger partial charge on any atom is 0.336 e. The van der Waals surface area contributed by atoms with Crippen LogP contribution in [0, 0.1) is 0 Å². The van der Waals surface area contributed by atoms with Crippen LogP contribution < -0.4 is 14.2 Å². The molecule has 0 bridgehead atoms. The van der Waals surface area contributed by atoms with E-state index in [1.165, 1.54) is 35.5 Å². The van der Waals surface area contributed by atoms with Gasteiger partial charge in [0.1, 0.15) is 0 Å². The van der Waals surface area contributed by atoms with Crippen LogP contribution in [-0.2, 0) is 23.8 Å². The molecule has 2 heterocycles. The Balaban J connectivity index is 2.13. The third kappa shape index (κ3) is 4.67. The topological polar surface area (TPSA) is 92.8 Å². The van der Waals surface area contributed by atoms with Gasteiger partial charge in [0.15, 0.2) is 11.5 Å². The molecule has 2 aliphatic rings. The number of ether oxygens (including phenoxy) is 6. The van der Waals surface area contributed by atoms with Gasteiger partial charge in [-0.15, -0.1) is 0 Å². The molecule has 1 fully saturated rings. The van der Waals surface area contributed by atoms with E-state index in [-0.39, 0.29) is 17.3 Å². The largest absolute Gasteiger partial charge is 0.493 e. The van der Waals surface area contributed by atoms with Crippen LogP contribution >= 0.6 is 0 Å². The molecule has 9 nitrogen and oxygen atoms in total. The molecular weight excluding hydrogens is 418 g/mol. The number of rotatable bonds is 8. The molecule has 2 aliphatic heterocycles. The van der Waals surface area contributed by atoms with Gasteiger partial charge in [-0.3, -0.25) is 0 Å². The third-order valence-corrected chi connectivity index (χ3v) is 5.53. The minimum Gasteiger partial charge on any atom is -0.493 e. The second-order valence-electron chi connectivity index (χ2n) is 7.38. The zero-order valence-corrected chi connectivity index (χ0v) is 19.0. The van der Waals surface area contributed by atoms with E-state index in [4.69, 9.17) is 28.4 Å². The first-order valence-electron chi connectivity index (χ1n) is 10.2. The lowest BCUT2D eigenvalue weighted by Gasteiger charge is -2.31. The summed E-state index contributed by atoms with van der Waals surface area (Å²) in [6.07, 6.45) is 5.28. The molecule has 0 unspecified atom stereocenters. The van der Waals surface area contributed by atoms with Crippen LogP contribution in [0.15, 0.2) is 35.7 Å². The molecule has 0 spiro atoms. The Morgan fingerprint density at radius 1 is 0.938 bits per heavy atom. The number of hydrogen-bond donors (Lipinski definition) is 0. The van der Waals surface area contributed by atoms with Crippen LogP contribution in [0.5, 0.6) is 17.2 Å². The Labute approximate surface area is 187 Å². The molecule has 1 aromatic rings. The molecule has 1 saturated heterocycles. The highest BCUT2D eigenvalue weighted by atomic mass is 16.5. The van der Waals surface area contributed by atoms with E-state index in [0.29, 0.717) is 36.0 Å². The van der Waals surface area contributed by atoms with E-state index in [1.807, 2.05) is 0 Å². The summed E-state index contributed by atoms with van der Waals surface area (Å²) in [6.45, 7) is 1.21. The normalized spacial score (nSPS) is 18.5. The fourth-order valence-electron chi connectivity index (χ4n) is 4.04. The lowest BCUT2D eigenvalue weighted by atomic mass is 9.83. The zero-order valence-electron chi connectivity index (χ0n) is 19.0. The summed E-state index contributed by atoms with van der Waals surface area (Å²) in [6, 6.07) is 3.41. The lowest BCUT2D eigenvalue weighted by Crippen LogP contribution is -2.32. The minimum atomic E-state index is -0.760. The highest BCUT2D eigenvalue weighted by Crippen LogP contribution is 2.45. The average Bonchev–Trinajstić information content (AvgIpc) is 3.34. The number of carbonyl (C=O) groups is 2. The van der Waals surface area contributed by atoms with Crippen molar-refractivity contribution in [1.29, 1.82) is 0 Å². The van der Waals surface area contributed by atoms with Gasteiger partial charge in [0.2, 0.25) is 5.75 Å². The second-order valence-corrected chi connectivity index (χ2v) is 7.38. The molecule has 0 aliphatic carbocycles. The molecule has 0 aromatic heterocycles. The predicted octanol–water partition coefficient (Wildman–Crippen LogP) is 2.40. The quantitative estimate of drug-likeness (QED) is 0.557. The standard InChI is InChI=1S/C23H29NO8/c1-27-18-9-14(10-19(28-2)21(18)29-3)20-16(22(25)30-4)12-24(11-15-7-6-8-32-15)13-17(20)23(26)31-5/h9-10,12-13,15,20H,6-8,11H2,1-5H3/t15-/m0/s1. The minimum absolute atomic E-state index is 0.0121. The third-order valence-electron chi connectivity index (χ3n) is 5.53. The van der Waals surface area contributed by atoms with Crippen molar-refractivity contribution >= 4 is 11.9 Å². The predicted molar refractivity (Wildman–Crippen MR) is 115 cm³/mol. The van der Waals surface area contributed by atoms with Crippen LogP contribution in [-0.4, -0.2) is 71.6 Å². The van der Waals surface area contributed by atoms with E-state index < -0.39 is 17.9 Å². The first kappa shape index (κ1) is 23.5. The van der Waals surface area contributed by atoms with Crippen molar-refractivity contribution in [1.82, 2.24) is 4.90 Å². The monoisotopic (exact) mass is 447 g/mol. The molecule has 0 amide bonds. The van der Waals surface area contributed by atoms with Gasteiger partial charge in [0.05, 0.1) is 58.7 Å². The van der Waals surface area contributed by atoms with Crippen LogP contribution in [0.25, 0.3) is 0 Å². The highest BCUT2D eigenvalue weighted by molar-refractivity contribution is 5.98. The van der Waals surface area contributed by atoms with Crippen molar-refractivity contribution in [3.05, 3.63) is 41.2 Å². The number of carbonyl (C=O) groups excluding carboxylic acids is 2.